The molecular weight excluding hydrogens is 554 g/mol. The van der Waals surface area contributed by atoms with E-state index in [1.165, 1.54) is 19.2 Å². The molecule has 14 nitrogen and oxygen atoms in total. The molecule has 3 amide bonds. The van der Waals surface area contributed by atoms with Crippen LogP contribution in [0.15, 0.2) is 48.7 Å². The summed E-state index contributed by atoms with van der Waals surface area (Å²) < 4.78 is 4.86. The zero-order valence-corrected chi connectivity index (χ0v) is 23.2. The van der Waals surface area contributed by atoms with Gasteiger partial charge in [-0.15, -0.1) is 0 Å². The van der Waals surface area contributed by atoms with Crippen molar-refractivity contribution in [1.82, 2.24) is 30.2 Å². The Morgan fingerprint density at radius 1 is 0.953 bits per heavy atom. The highest BCUT2D eigenvalue weighted by Crippen LogP contribution is 2.25. The molecular formula is C29H29N9O5. The van der Waals surface area contributed by atoms with E-state index in [1.807, 2.05) is 12.1 Å². The summed E-state index contributed by atoms with van der Waals surface area (Å²) in [6, 6.07) is 10.5. The number of aryl methyl sites for hydroxylation is 2. The van der Waals surface area contributed by atoms with Gasteiger partial charge in [0.2, 0.25) is 5.95 Å². The second-order valence-electron chi connectivity index (χ2n) is 9.96. The first kappa shape index (κ1) is 28.9. The van der Waals surface area contributed by atoms with Crippen molar-refractivity contribution in [3.8, 4) is 0 Å². The van der Waals surface area contributed by atoms with Gasteiger partial charge in [-0.1, -0.05) is 12.1 Å². The Labute approximate surface area is 245 Å². The fourth-order valence-corrected chi connectivity index (χ4v) is 4.80. The minimum absolute atomic E-state index is 0.0294. The highest BCUT2D eigenvalue weighted by atomic mass is 16.5. The number of hydrogen-bond acceptors (Lipinski definition) is 12. The highest BCUT2D eigenvalue weighted by Gasteiger charge is 2.35. The van der Waals surface area contributed by atoms with E-state index in [0.717, 1.165) is 10.5 Å². The SMILES string of the molecule is COC(=O)[C@H](CCCN1C(=O)c2ccc(N)cc2C1=O)NC(=O)c1ccc(CCc2cnc3nc(N)nc(N)c3n2)cc1. The molecule has 0 saturated carbocycles. The minimum atomic E-state index is -0.971. The predicted octanol–water partition coefficient (Wildman–Crippen LogP) is 1.30. The summed E-state index contributed by atoms with van der Waals surface area (Å²) >= 11 is 0. The average molecular weight is 584 g/mol. The second kappa shape index (κ2) is 12.1. The van der Waals surface area contributed by atoms with Gasteiger partial charge in [0.1, 0.15) is 6.04 Å². The van der Waals surface area contributed by atoms with E-state index >= 15 is 0 Å². The molecule has 7 N–H and O–H groups in total. The standard InChI is InChI=1S/C29H29N9O5/c1-43-28(42)21(3-2-12-38-26(40)19-11-9-17(30)13-20(19)27(38)41)35-25(39)16-7-4-15(5-8-16)6-10-18-14-33-24-22(34-18)23(31)36-29(32)37-24/h4-5,7-9,11,13-14,21H,2-3,6,10,12,30H2,1H3,(H,35,39)(H4,31,32,33,36,37)/t21-/m0/s1. The van der Waals surface area contributed by atoms with E-state index in [4.69, 9.17) is 21.9 Å². The highest BCUT2D eigenvalue weighted by molar-refractivity contribution is 6.21. The lowest BCUT2D eigenvalue weighted by Gasteiger charge is -2.19. The lowest BCUT2D eigenvalue weighted by atomic mass is 10.0. The molecule has 4 aromatic rings. The number of nitrogens with one attached hydrogen (secondary N) is 1. The fourth-order valence-electron chi connectivity index (χ4n) is 4.80. The summed E-state index contributed by atoms with van der Waals surface area (Å²) in [6.07, 6.45) is 3.20. The van der Waals surface area contributed by atoms with Gasteiger partial charge in [0.25, 0.3) is 17.7 Å². The zero-order valence-electron chi connectivity index (χ0n) is 23.2. The Kier molecular flexibility index (Phi) is 8.09. The average Bonchev–Trinajstić information content (AvgIpc) is 3.23. The van der Waals surface area contributed by atoms with E-state index in [0.29, 0.717) is 41.0 Å². The number of nitrogens with two attached hydrogens (primary N) is 3. The van der Waals surface area contributed by atoms with Crippen molar-refractivity contribution in [1.29, 1.82) is 0 Å². The number of aromatic nitrogens is 4. The van der Waals surface area contributed by atoms with Gasteiger partial charge >= 0.3 is 5.97 Å². The molecule has 5 rings (SSSR count). The number of imide groups is 1. The van der Waals surface area contributed by atoms with Crippen molar-refractivity contribution >= 4 is 52.3 Å². The number of amides is 3. The van der Waals surface area contributed by atoms with Crippen LogP contribution in [0, 0.1) is 0 Å². The largest absolute Gasteiger partial charge is 0.467 e. The lowest BCUT2D eigenvalue weighted by Crippen LogP contribution is -2.42. The topological polar surface area (TPSA) is 222 Å². The monoisotopic (exact) mass is 583 g/mol. The number of rotatable bonds is 10. The summed E-state index contributed by atoms with van der Waals surface area (Å²) in [5.74, 6) is -1.77. The molecule has 0 bridgehead atoms. The molecule has 1 aliphatic heterocycles. The van der Waals surface area contributed by atoms with Crippen molar-refractivity contribution in [2.75, 3.05) is 30.9 Å². The summed E-state index contributed by atoms with van der Waals surface area (Å²) in [5, 5.41) is 2.69. The smallest absolute Gasteiger partial charge is 0.328 e. The van der Waals surface area contributed by atoms with Crippen molar-refractivity contribution in [2.24, 2.45) is 0 Å². The first-order valence-corrected chi connectivity index (χ1v) is 13.4. The van der Waals surface area contributed by atoms with Gasteiger partial charge in [-0.05, 0) is 61.6 Å². The van der Waals surface area contributed by atoms with Gasteiger partial charge in [0.15, 0.2) is 17.0 Å². The third kappa shape index (κ3) is 6.17. The summed E-state index contributed by atoms with van der Waals surface area (Å²) in [6.45, 7) is 0.0690. The van der Waals surface area contributed by atoms with E-state index in [9.17, 15) is 19.2 Å². The van der Waals surface area contributed by atoms with Gasteiger partial charge in [-0.25, -0.2) is 14.8 Å². The van der Waals surface area contributed by atoms with E-state index in [-0.39, 0.29) is 42.3 Å². The molecule has 0 fully saturated rings. The molecule has 0 unspecified atom stereocenters. The number of fused-ring (bicyclic) bond motifs is 2. The van der Waals surface area contributed by atoms with Gasteiger partial charge in [0, 0.05) is 17.8 Å². The number of nitrogens with zero attached hydrogens (tertiary/aromatic N) is 5. The molecule has 0 spiro atoms. The summed E-state index contributed by atoms with van der Waals surface area (Å²) in [4.78, 5) is 68.5. The van der Waals surface area contributed by atoms with Crippen LogP contribution in [0.4, 0.5) is 17.5 Å². The Morgan fingerprint density at radius 2 is 1.70 bits per heavy atom. The molecule has 0 saturated heterocycles. The second-order valence-corrected chi connectivity index (χ2v) is 9.96. The van der Waals surface area contributed by atoms with E-state index < -0.39 is 29.7 Å². The molecule has 0 radical (unpaired) electrons. The Balaban J connectivity index is 1.16. The van der Waals surface area contributed by atoms with Crippen LogP contribution in [0.25, 0.3) is 11.2 Å². The molecule has 2 aromatic carbocycles. The molecule has 1 atom stereocenters. The molecule has 220 valence electrons. The van der Waals surface area contributed by atoms with Crippen molar-refractivity contribution in [3.05, 3.63) is 76.6 Å². The van der Waals surface area contributed by atoms with Gasteiger partial charge in [0.05, 0.1) is 30.1 Å². The van der Waals surface area contributed by atoms with E-state index in [2.05, 4.69) is 25.3 Å². The van der Waals surface area contributed by atoms with Crippen LogP contribution in [-0.2, 0) is 22.4 Å². The van der Waals surface area contributed by atoms with Gasteiger partial charge in [-0.2, -0.15) is 9.97 Å². The third-order valence-corrected chi connectivity index (χ3v) is 7.05. The van der Waals surface area contributed by atoms with Crippen LogP contribution in [0.3, 0.4) is 0 Å². The molecule has 1 aliphatic rings. The number of ether oxygens (including phenoxy) is 1. The summed E-state index contributed by atoms with van der Waals surface area (Å²) in [5.41, 5.74) is 20.9. The van der Waals surface area contributed by atoms with Crippen LogP contribution in [0.1, 0.15) is 55.2 Å². The van der Waals surface area contributed by atoms with Crippen LogP contribution >= 0.6 is 0 Å². The number of esters is 1. The molecule has 43 heavy (non-hydrogen) atoms. The predicted molar refractivity (Wildman–Crippen MR) is 157 cm³/mol. The Bertz CT molecular complexity index is 1740. The Morgan fingerprint density at radius 3 is 2.44 bits per heavy atom. The number of hydrogen-bond donors (Lipinski definition) is 4. The van der Waals surface area contributed by atoms with E-state index in [1.54, 1.807) is 24.4 Å². The normalized spacial score (nSPS) is 13.2. The fraction of sp³-hybridized carbons (Fsp3) is 0.241. The molecule has 0 aliphatic carbocycles. The first-order chi connectivity index (χ1) is 20.6. The van der Waals surface area contributed by atoms with Crippen LogP contribution < -0.4 is 22.5 Å². The van der Waals surface area contributed by atoms with Crippen LogP contribution in [-0.4, -0.2) is 68.2 Å². The van der Waals surface area contributed by atoms with Gasteiger partial charge in [-0.3, -0.25) is 19.3 Å². The number of anilines is 3. The van der Waals surface area contributed by atoms with Crippen LogP contribution in [0.5, 0.6) is 0 Å². The molecule has 14 heteroatoms. The maximum atomic E-state index is 13.0. The minimum Gasteiger partial charge on any atom is -0.467 e. The molecule has 3 heterocycles. The van der Waals surface area contributed by atoms with Crippen molar-refractivity contribution in [2.45, 2.75) is 31.7 Å². The quantitative estimate of drug-likeness (QED) is 0.118. The number of benzene rings is 2. The Hall–Kier alpha value is -5.66. The summed E-state index contributed by atoms with van der Waals surface area (Å²) in [7, 11) is 1.22. The third-order valence-electron chi connectivity index (χ3n) is 7.05. The first-order valence-electron chi connectivity index (χ1n) is 13.4. The van der Waals surface area contributed by atoms with Gasteiger partial charge < -0.3 is 27.3 Å². The number of nitrogen functional groups attached to an aromatic ring is 3. The zero-order chi connectivity index (χ0) is 30.7. The molecule has 2 aromatic heterocycles. The van der Waals surface area contributed by atoms with Crippen LogP contribution in [0.2, 0.25) is 0 Å². The maximum Gasteiger partial charge on any atom is 0.328 e. The number of methoxy groups -OCH3 is 1. The number of carbonyl (C=O) groups excluding carboxylic acids is 4. The lowest BCUT2D eigenvalue weighted by molar-refractivity contribution is -0.143. The van der Waals surface area contributed by atoms with Crippen molar-refractivity contribution in [3.63, 3.8) is 0 Å². The maximum absolute atomic E-state index is 13.0. The van der Waals surface area contributed by atoms with Crippen molar-refractivity contribution < 1.29 is 23.9 Å². The number of carbonyl (C=O) groups is 4.